The van der Waals surface area contributed by atoms with E-state index in [1.165, 1.54) is 18.7 Å². The maximum atomic E-state index is 8.28. The van der Waals surface area contributed by atoms with Gasteiger partial charge in [0.1, 0.15) is 6.33 Å². The van der Waals surface area contributed by atoms with E-state index < -0.39 is 6.48 Å². The molecule has 54 valence electrons. The summed E-state index contributed by atoms with van der Waals surface area (Å²) in [7, 11) is 0. The van der Waals surface area contributed by atoms with Gasteiger partial charge in [-0.05, 0) is 0 Å². The Morgan fingerprint density at radius 3 is 2.40 bits per heavy atom. The summed E-state index contributed by atoms with van der Waals surface area (Å²) >= 11 is 0. The zero-order valence-corrected chi connectivity index (χ0v) is 5.01. The molecule has 0 atom stereocenters. The highest BCUT2D eigenvalue weighted by Gasteiger charge is 1.97. The first-order chi connectivity index (χ1) is 4.79. The van der Waals surface area contributed by atoms with Gasteiger partial charge in [0, 0.05) is 0 Å². The van der Waals surface area contributed by atoms with E-state index in [1.807, 2.05) is 0 Å². The zero-order valence-electron chi connectivity index (χ0n) is 5.01. The quantitative estimate of drug-likeness (QED) is 0.524. The van der Waals surface area contributed by atoms with Crippen LogP contribution in [0.2, 0.25) is 0 Å². The molecule has 1 rings (SSSR count). The van der Waals surface area contributed by atoms with E-state index in [9.17, 15) is 0 Å². The molecule has 0 bridgehead atoms. The lowest BCUT2D eigenvalue weighted by Gasteiger charge is -2.04. The molecule has 0 unspecified atom stereocenters. The minimum Gasteiger partial charge on any atom is -0.438 e. The average molecular weight is 142 g/mol. The summed E-state index contributed by atoms with van der Waals surface area (Å²) < 4.78 is 4.40. The Balaban J connectivity index is 2.59. The Labute approximate surface area is 56.9 Å². The van der Waals surface area contributed by atoms with E-state index in [0.29, 0.717) is 0 Å². The van der Waals surface area contributed by atoms with E-state index in [0.717, 1.165) is 0 Å². The molecular formula is C5H6N2O3. The van der Waals surface area contributed by atoms with E-state index in [2.05, 4.69) is 14.7 Å². The fourth-order valence-electron chi connectivity index (χ4n) is 0.468. The molecule has 0 spiro atoms. The first kappa shape index (κ1) is 6.91. The molecule has 1 aromatic heterocycles. The van der Waals surface area contributed by atoms with E-state index in [1.54, 1.807) is 0 Å². The van der Waals surface area contributed by atoms with Gasteiger partial charge < -0.3 is 14.9 Å². The predicted octanol–water partition coefficient (Wildman–Crippen LogP) is -0.876. The molecule has 2 N–H and O–H groups in total. The van der Waals surface area contributed by atoms with Crippen LogP contribution in [0.5, 0.6) is 5.75 Å². The van der Waals surface area contributed by atoms with Crippen LogP contribution >= 0.6 is 0 Å². The number of hydrogen-bond acceptors (Lipinski definition) is 5. The standard InChI is InChI=1S/C5H6N2O3/c8-5(9)10-4-1-6-3-7-2-4/h1-3,5,8-9H. The Hall–Kier alpha value is -1.20. The Morgan fingerprint density at radius 2 is 1.90 bits per heavy atom. The Morgan fingerprint density at radius 1 is 1.30 bits per heavy atom. The second-order valence-electron chi connectivity index (χ2n) is 1.52. The number of nitrogens with zero attached hydrogens (tertiary/aromatic N) is 2. The topological polar surface area (TPSA) is 75.5 Å². The lowest BCUT2D eigenvalue weighted by molar-refractivity contribution is -0.179. The molecule has 0 amide bonds. The molecular weight excluding hydrogens is 136 g/mol. The summed E-state index contributed by atoms with van der Waals surface area (Å²) in [6.07, 6.45) is 3.97. The van der Waals surface area contributed by atoms with Crippen molar-refractivity contribution in [2.75, 3.05) is 0 Å². The molecule has 1 aromatic rings. The van der Waals surface area contributed by atoms with Gasteiger partial charge in [0.05, 0.1) is 12.4 Å². The van der Waals surface area contributed by atoms with Crippen LogP contribution in [-0.2, 0) is 0 Å². The average Bonchev–Trinajstić information content (AvgIpc) is 1.88. The SMILES string of the molecule is OC(O)Oc1cncnc1. The van der Waals surface area contributed by atoms with Gasteiger partial charge in [0.2, 0.25) is 0 Å². The van der Waals surface area contributed by atoms with Crippen LogP contribution in [-0.4, -0.2) is 26.7 Å². The minimum absolute atomic E-state index is 0.220. The summed E-state index contributed by atoms with van der Waals surface area (Å²) in [5.74, 6) is 0.220. The molecule has 1 heterocycles. The van der Waals surface area contributed by atoms with Gasteiger partial charge in [-0.1, -0.05) is 0 Å². The molecule has 0 saturated carbocycles. The molecule has 0 aromatic carbocycles. The maximum absolute atomic E-state index is 8.28. The van der Waals surface area contributed by atoms with E-state index >= 15 is 0 Å². The molecule has 0 aliphatic rings. The van der Waals surface area contributed by atoms with Gasteiger partial charge in [-0.3, -0.25) is 0 Å². The third-order valence-corrected chi connectivity index (χ3v) is 0.778. The highest BCUT2D eigenvalue weighted by Crippen LogP contribution is 2.04. The Bertz CT molecular complexity index is 189. The molecule has 5 heteroatoms. The number of aromatic nitrogens is 2. The summed E-state index contributed by atoms with van der Waals surface area (Å²) in [6.45, 7) is -1.81. The fourth-order valence-corrected chi connectivity index (χ4v) is 0.468. The van der Waals surface area contributed by atoms with Crippen molar-refractivity contribution in [1.29, 1.82) is 0 Å². The monoisotopic (exact) mass is 142 g/mol. The van der Waals surface area contributed by atoms with Crippen molar-refractivity contribution in [3.63, 3.8) is 0 Å². The lowest BCUT2D eigenvalue weighted by Crippen LogP contribution is -2.13. The van der Waals surface area contributed by atoms with E-state index in [4.69, 9.17) is 10.2 Å². The number of ether oxygens (including phenoxy) is 1. The fraction of sp³-hybridized carbons (Fsp3) is 0.200. The number of hydrogen-bond donors (Lipinski definition) is 2. The Kier molecular flexibility index (Phi) is 2.14. The van der Waals surface area contributed by atoms with Crippen LogP contribution in [0.4, 0.5) is 0 Å². The van der Waals surface area contributed by atoms with Crippen molar-refractivity contribution >= 4 is 0 Å². The molecule has 0 radical (unpaired) electrons. The van der Waals surface area contributed by atoms with Gasteiger partial charge in [0.15, 0.2) is 5.75 Å². The summed E-state index contributed by atoms with van der Waals surface area (Å²) in [6, 6.07) is 0. The highest BCUT2D eigenvalue weighted by molar-refractivity contribution is 5.09. The summed E-state index contributed by atoms with van der Waals surface area (Å²) in [5.41, 5.74) is 0. The van der Waals surface area contributed by atoms with E-state index in [-0.39, 0.29) is 5.75 Å². The number of aliphatic hydroxyl groups excluding tert-OH is 1. The minimum atomic E-state index is -1.81. The first-order valence-corrected chi connectivity index (χ1v) is 2.57. The van der Waals surface area contributed by atoms with Crippen molar-refractivity contribution in [2.45, 2.75) is 6.48 Å². The van der Waals surface area contributed by atoms with Gasteiger partial charge in [-0.2, -0.15) is 0 Å². The smallest absolute Gasteiger partial charge is 0.310 e. The van der Waals surface area contributed by atoms with Crippen molar-refractivity contribution in [1.82, 2.24) is 9.97 Å². The summed E-state index contributed by atoms with van der Waals surface area (Å²) in [4.78, 5) is 7.16. The molecule has 0 saturated heterocycles. The van der Waals surface area contributed by atoms with Crippen LogP contribution < -0.4 is 4.74 Å². The normalized spacial score (nSPS) is 9.90. The first-order valence-electron chi connectivity index (χ1n) is 2.57. The second-order valence-corrected chi connectivity index (χ2v) is 1.52. The largest absolute Gasteiger partial charge is 0.438 e. The van der Waals surface area contributed by atoms with Gasteiger partial charge >= 0.3 is 6.48 Å². The molecule has 10 heavy (non-hydrogen) atoms. The van der Waals surface area contributed by atoms with Crippen molar-refractivity contribution in [2.24, 2.45) is 0 Å². The van der Waals surface area contributed by atoms with Crippen LogP contribution in [0.3, 0.4) is 0 Å². The maximum Gasteiger partial charge on any atom is 0.310 e. The zero-order chi connectivity index (χ0) is 7.40. The predicted molar refractivity (Wildman–Crippen MR) is 30.9 cm³/mol. The molecule has 5 nitrogen and oxygen atoms in total. The molecule has 0 fully saturated rings. The number of aliphatic hydroxyl groups is 2. The van der Waals surface area contributed by atoms with Crippen molar-refractivity contribution in [3.05, 3.63) is 18.7 Å². The van der Waals surface area contributed by atoms with Gasteiger partial charge in [0.25, 0.3) is 0 Å². The highest BCUT2D eigenvalue weighted by atomic mass is 16.7. The van der Waals surface area contributed by atoms with Gasteiger partial charge in [-0.15, -0.1) is 0 Å². The third kappa shape index (κ3) is 1.96. The molecule has 0 aliphatic heterocycles. The van der Waals surface area contributed by atoms with Crippen LogP contribution in [0.15, 0.2) is 18.7 Å². The van der Waals surface area contributed by atoms with Gasteiger partial charge in [-0.25, -0.2) is 9.97 Å². The van der Waals surface area contributed by atoms with Crippen molar-refractivity contribution < 1.29 is 14.9 Å². The second kappa shape index (κ2) is 3.09. The van der Waals surface area contributed by atoms with Crippen LogP contribution in [0.25, 0.3) is 0 Å². The molecule has 0 aliphatic carbocycles. The third-order valence-electron chi connectivity index (χ3n) is 0.778. The lowest BCUT2D eigenvalue weighted by atomic mass is 10.6. The van der Waals surface area contributed by atoms with Crippen LogP contribution in [0.1, 0.15) is 0 Å². The summed E-state index contributed by atoms with van der Waals surface area (Å²) in [5, 5.41) is 16.6. The van der Waals surface area contributed by atoms with Crippen molar-refractivity contribution in [3.8, 4) is 5.75 Å². The van der Waals surface area contributed by atoms with Crippen LogP contribution in [0, 0.1) is 0 Å². The number of rotatable bonds is 2.